The number of carbonyl (C=O) groups excluding carboxylic acids is 1. The van der Waals surface area contributed by atoms with Gasteiger partial charge in [0, 0.05) is 5.97 Å². The number of carboxylic acids is 1. The van der Waals surface area contributed by atoms with Crippen LogP contribution in [0.2, 0.25) is 0 Å². The van der Waals surface area contributed by atoms with E-state index in [0.717, 1.165) is 0 Å². The third-order valence-corrected chi connectivity index (χ3v) is 1.32. The second-order valence-electron chi connectivity index (χ2n) is 1.83. The van der Waals surface area contributed by atoms with Gasteiger partial charge in [-0.1, -0.05) is 13.8 Å². The first-order chi connectivity index (χ1) is 3.72. The van der Waals surface area contributed by atoms with Crippen molar-refractivity contribution in [3.8, 4) is 0 Å². The van der Waals surface area contributed by atoms with Crippen LogP contribution in [-0.4, -0.2) is 5.97 Å². The second kappa shape index (κ2) is 6.59. The predicted molar refractivity (Wildman–Crippen MR) is 29.1 cm³/mol. The molecule has 0 aromatic heterocycles. The Bertz CT molecular complexity index is 79.1. The summed E-state index contributed by atoms with van der Waals surface area (Å²) < 4.78 is 0. The molecule has 0 radical (unpaired) electrons. The standard InChI is InChI=1S/C6H12O2.Na/c1-3-5(4-2)6(7)8;/h5H,3-4H2,1-2H3,(H,7,8);/q;+1/p-1. The van der Waals surface area contributed by atoms with Gasteiger partial charge in [0.15, 0.2) is 0 Å². The predicted octanol–water partition coefficient (Wildman–Crippen LogP) is -2.82. The molecule has 2 nitrogen and oxygen atoms in total. The minimum absolute atomic E-state index is 0. The van der Waals surface area contributed by atoms with Crippen LogP contribution in [0.4, 0.5) is 0 Å². The van der Waals surface area contributed by atoms with E-state index in [0.29, 0.717) is 12.8 Å². The average Bonchev–Trinajstić information content (AvgIpc) is 1.69. The molecule has 0 unspecified atom stereocenters. The van der Waals surface area contributed by atoms with E-state index >= 15 is 0 Å². The first-order valence-electron chi connectivity index (χ1n) is 2.93. The molecule has 0 spiro atoms. The largest absolute Gasteiger partial charge is 1.00 e. The molecule has 0 aliphatic heterocycles. The van der Waals surface area contributed by atoms with Crippen molar-refractivity contribution in [2.45, 2.75) is 26.7 Å². The molecule has 0 aromatic carbocycles. The number of hydrogen-bond acceptors (Lipinski definition) is 2. The van der Waals surface area contributed by atoms with Crippen molar-refractivity contribution in [1.82, 2.24) is 0 Å². The summed E-state index contributed by atoms with van der Waals surface area (Å²) in [5.74, 6) is -1.16. The topological polar surface area (TPSA) is 40.1 Å². The fourth-order valence-electron chi connectivity index (χ4n) is 0.622. The number of aliphatic carboxylic acids is 1. The Morgan fingerprint density at radius 3 is 1.78 bits per heavy atom. The maximum Gasteiger partial charge on any atom is 1.00 e. The van der Waals surface area contributed by atoms with Crippen molar-refractivity contribution in [3.05, 3.63) is 0 Å². The summed E-state index contributed by atoms with van der Waals surface area (Å²) in [4.78, 5) is 10.1. The number of carboxylic acid groups (broad SMARTS) is 1. The molecule has 0 aromatic rings. The third-order valence-electron chi connectivity index (χ3n) is 1.32. The second-order valence-corrected chi connectivity index (χ2v) is 1.83. The van der Waals surface area contributed by atoms with E-state index in [1.165, 1.54) is 0 Å². The van der Waals surface area contributed by atoms with Gasteiger partial charge in [0.1, 0.15) is 0 Å². The maximum atomic E-state index is 10.1. The minimum Gasteiger partial charge on any atom is -0.550 e. The quantitative estimate of drug-likeness (QED) is 0.395. The monoisotopic (exact) mass is 138 g/mol. The first-order valence-corrected chi connectivity index (χ1v) is 2.93. The maximum absolute atomic E-state index is 10.1. The van der Waals surface area contributed by atoms with Gasteiger partial charge in [-0.25, -0.2) is 0 Å². The normalized spacial score (nSPS) is 8.78. The average molecular weight is 138 g/mol. The Kier molecular flexibility index (Phi) is 8.91. The molecule has 0 fully saturated rings. The zero-order chi connectivity index (χ0) is 6.57. The van der Waals surface area contributed by atoms with Gasteiger partial charge < -0.3 is 9.90 Å². The Hall–Kier alpha value is 0.470. The molecule has 0 aliphatic rings. The molecule has 3 heteroatoms. The minimum atomic E-state index is -0.921. The number of carbonyl (C=O) groups is 1. The Labute approximate surface area is 77.9 Å². The van der Waals surface area contributed by atoms with Gasteiger partial charge in [-0.05, 0) is 18.8 Å². The van der Waals surface area contributed by atoms with Gasteiger partial charge in [-0.15, -0.1) is 0 Å². The van der Waals surface area contributed by atoms with Crippen LogP contribution in [0.1, 0.15) is 26.7 Å². The Balaban J connectivity index is 0. The van der Waals surface area contributed by atoms with Crippen molar-refractivity contribution < 1.29 is 39.5 Å². The van der Waals surface area contributed by atoms with Crippen LogP contribution in [-0.2, 0) is 4.79 Å². The van der Waals surface area contributed by atoms with E-state index < -0.39 is 5.97 Å². The van der Waals surface area contributed by atoms with Crippen LogP contribution < -0.4 is 34.7 Å². The van der Waals surface area contributed by atoms with E-state index in [1.54, 1.807) is 0 Å². The van der Waals surface area contributed by atoms with Gasteiger partial charge >= 0.3 is 29.6 Å². The van der Waals surface area contributed by atoms with Crippen molar-refractivity contribution in [1.29, 1.82) is 0 Å². The molecule has 0 rings (SSSR count). The summed E-state index contributed by atoms with van der Waals surface area (Å²) >= 11 is 0. The molecule has 0 N–H and O–H groups in total. The van der Waals surface area contributed by atoms with Crippen LogP contribution in [0.15, 0.2) is 0 Å². The van der Waals surface area contributed by atoms with Crippen LogP contribution in [0.25, 0.3) is 0 Å². The molecule has 0 heterocycles. The molecular formula is C6H11NaO2. The summed E-state index contributed by atoms with van der Waals surface area (Å²) in [6, 6.07) is 0. The van der Waals surface area contributed by atoms with Gasteiger partial charge in [0.2, 0.25) is 0 Å². The van der Waals surface area contributed by atoms with Crippen LogP contribution >= 0.6 is 0 Å². The van der Waals surface area contributed by atoms with E-state index in [1.807, 2.05) is 13.8 Å². The molecule has 48 valence electrons. The summed E-state index contributed by atoms with van der Waals surface area (Å²) in [5.41, 5.74) is 0. The molecular weight excluding hydrogens is 127 g/mol. The van der Waals surface area contributed by atoms with Crippen molar-refractivity contribution in [2.75, 3.05) is 0 Å². The van der Waals surface area contributed by atoms with Gasteiger partial charge in [-0.2, -0.15) is 0 Å². The van der Waals surface area contributed by atoms with Crippen molar-refractivity contribution in [2.24, 2.45) is 5.92 Å². The molecule has 0 amide bonds. The number of rotatable bonds is 3. The molecule has 0 saturated heterocycles. The molecule has 0 bridgehead atoms. The summed E-state index contributed by atoms with van der Waals surface area (Å²) in [7, 11) is 0. The third kappa shape index (κ3) is 4.94. The van der Waals surface area contributed by atoms with Gasteiger partial charge in [0.05, 0.1) is 0 Å². The van der Waals surface area contributed by atoms with Gasteiger partial charge in [0.25, 0.3) is 0 Å². The smallest absolute Gasteiger partial charge is 0.550 e. The van der Waals surface area contributed by atoms with Crippen molar-refractivity contribution >= 4 is 5.97 Å². The fourth-order valence-corrected chi connectivity index (χ4v) is 0.622. The molecule has 0 atom stereocenters. The van der Waals surface area contributed by atoms with E-state index in [4.69, 9.17) is 0 Å². The van der Waals surface area contributed by atoms with Crippen LogP contribution in [0, 0.1) is 5.92 Å². The summed E-state index contributed by atoms with van der Waals surface area (Å²) in [5, 5.41) is 10.1. The Morgan fingerprint density at radius 1 is 1.44 bits per heavy atom. The zero-order valence-corrected chi connectivity index (χ0v) is 8.31. The first kappa shape index (κ1) is 12.2. The number of hydrogen-bond donors (Lipinski definition) is 0. The zero-order valence-electron chi connectivity index (χ0n) is 6.31. The molecule has 0 aliphatic carbocycles. The molecule has 9 heavy (non-hydrogen) atoms. The van der Waals surface area contributed by atoms with E-state index in [2.05, 4.69) is 0 Å². The van der Waals surface area contributed by atoms with Crippen LogP contribution in [0.3, 0.4) is 0 Å². The fraction of sp³-hybridized carbons (Fsp3) is 0.833. The van der Waals surface area contributed by atoms with E-state index in [-0.39, 0.29) is 35.5 Å². The summed E-state index contributed by atoms with van der Waals surface area (Å²) in [6.45, 7) is 3.70. The van der Waals surface area contributed by atoms with Gasteiger partial charge in [-0.3, -0.25) is 0 Å². The van der Waals surface area contributed by atoms with Crippen LogP contribution in [0.5, 0.6) is 0 Å². The van der Waals surface area contributed by atoms with Crippen molar-refractivity contribution in [3.63, 3.8) is 0 Å². The Morgan fingerprint density at radius 2 is 1.78 bits per heavy atom. The summed E-state index contributed by atoms with van der Waals surface area (Å²) in [6.07, 6.45) is 1.36. The SMILES string of the molecule is CCC(CC)C(=O)[O-].[Na+]. The van der Waals surface area contributed by atoms with E-state index in [9.17, 15) is 9.90 Å². The molecule has 0 saturated carbocycles.